The molecule has 0 saturated heterocycles. The van der Waals surface area contributed by atoms with Crippen LogP contribution in [0.5, 0.6) is 11.5 Å². The largest absolute Gasteiger partial charge is 0.491 e. The number of rotatable bonds is 11. The first-order valence-electron chi connectivity index (χ1n) is 9.93. The van der Waals surface area contributed by atoms with Gasteiger partial charge in [0.25, 0.3) is 0 Å². The van der Waals surface area contributed by atoms with Crippen LogP contribution in [0.2, 0.25) is 5.02 Å². The Kier molecular flexibility index (Phi) is 8.78. The van der Waals surface area contributed by atoms with Crippen LogP contribution >= 0.6 is 23.4 Å². The molecule has 1 atom stereocenters. The Labute approximate surface area is 195 Å². The fourth-order valence-electron chi connectivity index (χ4n) is 2.59. The molecule has 0 amide bonds. The van der Waals surface area contributed by atoms with Crippen LogP contribution < -0.4 is 9.47 Å². The number of thioether (sulfide) groups is 1. The normalized spacial score (nSPS) is 11.8. The summed E-state index contributed by atoms with van der Waals surface area (Å²) in [7, 11) is 1.84. The van der Waals surface area contributed by atoms with Crippen LogP contribution in [-0.2, 0) is 18.4 Å². The van der Waals surface area contributed by atoms with E-state index in [0.29, 0.717) is 45.4 Å². The van der Waals surface area contributed by atoms with Crippen molar-refractivity contribution < 1.29 is 24.1 Å². The highest BCUT2D eigenvalue weighted by atomic mass is 35.5. The summed E-state index contributed by atoms with van der Waals surface area (Å²) in [5, 5.41) is 19.9. The van der Waals surface area contributed by atoms with E-state index in [9.17, 15) is 9.90 Å². The number of aliphatic hydroxyl groups is 1. The second-order valence-electron chi connectivity index (χ2n) is 6.72. The monoisotopic (exact) mass is 477 g/mol. The fourth-order valence-corrected chi connectivity index (χ4v) is 3.55. The van der Waals surface area contributed by atoms with E-state index in [1.54, 1.807) is 55.5 Å². The molecule has 0 radical (unpaired) electrons. The van der Waals surface area contributed by atoms with Crippen LogP contribution in [0.25, 0.3) is 0 Å². The Morgan fingerprint density at radius 2 is 1.75 bits per heavy atom. The molecule has 1 N–H and O–H groups in total. The summed E-state index contributed by atoms with van der Waals surface area (Å²) >= 11 is 7.24. The smallest absolute Gasteiger partial charge is 0.338 e. The number of carbonyl (C=O) groups is 1. The molecule has 170 valence electrons. The maximum Gasteiger partial charge on any atom is 0.338 e. The second kappa shape index (κ2) is 11.8. The van der Waals surface area contributed by atoms with Crippen LogP contribution in [0.3, 0.4) is 0 Å². The summed E-state index contributed by atoms with van der Waals surface area (Å²) in [6.45, 7) is 2.45. The van der Waals surface area contributed by atoms with Gasteiger partial charge in [-0.3, -0.25) is 0 Å². The van der Waals surface area contributed by atoms with Gasteiger partial charge in [-0.25, -0.2) is 4.79 Å². The lowest BCUT2D eigenvalue weighted by Crippen LogP contribution is -2.20. The molecule has 3 rings (SSSR count). The molecule has 0 bridgehead atoms. The van der Waals surface area contributed by atoms with E-state index in [-0.39, 0.29) is 19.2 Å². The SMILES string of the molecule is CCOC(=O)c1ccc(OCC(O)CSc2nnc(COc3ccc(Cl)cc3)n2C)cc1. The van der Waals surface area contributed by atoms with Gasteiger partial charge in [0.05, 0.1) is 18.3 Å². The van der Waals surface area contributed by atoms with Crippen molar-refractivity contribution in [1.29, 1.82) is 0 Å². The fraction of sp³-hybridized carbons (Fsp3) is 0.318. The number of halogens is 1. The van der Waals surface area contributed by atoms with E-state index in [1.165, 1.54) is 11.8 Å². The number of aliphatic hydroxyl groups excluding tert-OH is 1. The Morgan fingerprint density at radius 3 is 2.44 bits per heavy atom. The third-order valence-electron chi connectivity index (χ3n) is 4.32. The van der Waals surface area contributed by atoms with Crippen LogP contribution in [-0.4, -0.2) is 50.9 Å². The molecule has 8 nitrogen and oxygen atoms in total. The first-order valence-corrected chi connectivity index (χ1v) is 11.3. The minimum absolute atomic E-state index is 0.107. The second-order valence-corrected chi connectivity index (χ2v) is 8.14. The van der Waals surface area contributed by atoms with Gasteiger partial charge in [0.1, 0.15) is 24.7 Å². The standard InChI is InChI=1S/C22H24ClN3O5S/c1-3-29-21(28)15-4-8-18(9-5-15)30-12-17(27)14-32-22-25-24-20(26(22)2)13-31-19-10-6-16(23)7-11-19/h4-11,17,27H,3,12-14H2,1-2H3. The number of carbonyl (C=O) groups excluding carboxylic acids is 1. The average Bonchev–Trinajstić information content (AvgIpc) is 3.15. The first kappa shape index (κ1) is 23.9. The third-order valence-corrected chi connectivity index (χ3v) is 5.74. The molecule has 0 saturated carbocycles. The molecule has 10 heteroatoms. The van der Waals surface area contributed by atoms with Crippen molar-refractivity contribution in [2.75, 3.05) is 19.0 Å². The minimum atomic E-state index is -0.713. The number of nitrogens with zero attached hydrogens (tertiary/aromatic N) is 3. The van der Waals surface area contributed by atoms with Gasteiger partial charge < -0.3 is 23.9 Å². The van der Waals surface area contributed by atoms with Gasteiger partial charge in [-0.15, -0.1) is 10.2 Å². The highest BCUT2D eigenvalue weighted by Gasteiger charge is 2.13. The zero-order valence-electron chi connectivity index (χ0n) is 17.7. The van der Waals surface area contributed by atoms with Crippen LogP contribution in [0.4, 0.5) is 0 Å². The molecule has 1 aromatic heterocycles. The van der Waals surface area contributed by atoms with Crippen LogP contribution in [0.1, 0.15) is 23.1 Å². The predicted molar refractivity (Wildman–Crippen MR) is 121 cm³/mol. The quantitative estimate of drug-likeness (QED) is 0.329. The van der Waals surface area contributed by atoms with E-state index in [4.69, 9.17) is 25.8 Å². The molecular formula is C22H24ClN3O5S. The number of hydrogen-bond donors (Lipinski definition) is 1. The minimum Gasteiger partial charge on any atom is -0.491 e. The van der Waals surface area contributed by atoms with Gasteiger partial charge >= 0.3 is 5.97 Å². The molecule has 0 aliphatic rings. The summed E-state index contributed by atoms with van der Waals surface area (Å²) < 4.78 is 18.1. The first-order chi connectivity index (χ1) is 15.5. The number of esters is 1. The van der Waals surface area contributed by atoms with Crippen molar-refractivity contribution in [3.8, 4) is 11.5 Å². The van der Waals surface area contributed by atoms with Crippen molar-refractivity contribution in [3.05, 3.63) is 64.9 Å². The molecule has 0 fully saturated rings. The summed E-state index contributed by atoms with van der Waals surface area (Å²) in [5.41, 5.74) is 0.452. The van der Waals surface area contributed by atoms with Crippen LogP contribution in [0, 0.1) is 0 Å². The maximum atomic E-state index is 11.7. The Balaban J connectivity index is 1.43. The van der Waals surface area contributed by atoms with Crippen molar-refractivity contribution in [3.63, 3.8) is 0 Å². The van der Waals surface area contributed by atoms with Gasteiger partial charge in [-0.1, -0.05) is 23.4 Å². The van der Waals surface area contributed by atoms with Gasteiger partial charge in [0.2, 0.25) is 0 Å². The van der Waals surface area contributed by atoms with Gasteiger partial charge in [-0.2, -0.15) is 0 Å². The van der Waals surface area contributed by atoms with Crippen LogP contribution in [0.15, 0.2) is 53.7 Å². The Hall–Kier alpha value is -2.75. The van der Waals surface area contributed by atoms with Crippen molar-refractivity contribution in [1.82, 2.24) is 14.8 Å². The average molecular weight is 478 g/mol. The van der Waals surface area contributed by atoms with Crippen molar-refractivity contribution in [2.45, 2.75) is 24.8 Å². The Morgan fingerprint density at radius 1 is 1.09 bits per heavy atom. The molecule has 0 spiro atoms. The molecule has 2 aromatic carbocycles. The van der Waals surface area contributed by atoms with Gasteiger partial charge in [0.15, 0.2) is 11.0 Å². The van der Waals surface area contributed by atoms with E-state index in [2.05, 4.69) is 10.2 Å². The molecule has 0 aliphatic carbocycles. The number of hydrogen-bond acceptors (Lipinski definition) is 8. The molecule has 0 aliphatic heterocycles. The van der Waals surface area contributed by atoms with Gasteiger partial charge in [-0.05, 0) is 55.5 Å². The number of aromatic nitrogens is 3. The summed E-state index contributed by atoms with van der Waals surface area (Å²) in [6, 6.07) is 13.7. The highest BCUT2D eigenvalue weighted by Crippen LogP contribution is 2.20. The van der Waals surface area contributed by atoms with Gasteiger partial charge in [0, 0.05) is 17.8 Å². The van der Waals surface area contributed by atoms with E-state index in [1.807, 2.05) is 11.6 Å². The third kappa shape index (κ3) is 6.88. The summed E-state index contributed by atoms with van der Waals surface area (Å²) in [5.74, 6) is 1.91. The number of ether oxygens (including phenoxy) is 3. The molecule has 1 unspecified atom stereocenters. The van der Waals surface area contributed by atoms with E-state index < -0.39 is 6.10 Å². The van der Waals surface area contributed by atoms with E-state index >= 15 is 0 Å². The Bertz CT molecular complexity index is 1010. The molecule has 3 aromatic rings. The van der Waals surface area contributed by atoms with Crippen molar-refractivity contribution >= 4 is 29.3 Å². The zero-order chi connectivity index (χ0) is 22.9. The number of benzene rings is 2. The lowest BCUT2D eigenvalue weighted by molar-refractivity contribution is 0.0526. The maximum absolute atomic E-state index is 11.7. The summed E-state index contributed by atoms with van der Waals surface area (Å²) in [6.07, 6.45) is -0.713. The van der Waals surface area contributed by atoms with E-state index in [0.717, 1.165) is 0 Å². The predicted octanol–water partition coefficient (Wildman–Crippen LogP) is 3.76. The lowest BCUT2D eigenvalue weighted by Gasteiger charge is -2.12. The lowest BCUT2D eigenvalue weighted by atomic mass is 10.2. The summed E-state index contributed by atoms with van der Waals surface area (Å²) in [4.78, 5) is 11.7. The molecule has 1 heterocycles. The zero-order valence-corrected chi connectivity index (χ0v) is 19.3. The van der Waals surface area contributed by atoms with Crippen molar-refractivity contribution in [2.24, 2.45) is 7.05 Å². The molecular weight excluding hydrogens is 454 g/mol. The highest BCUT2D eigenvalue weighted by molar-refractivity contribution is 7.99. The molecule has 32 heavy (non-hydrogen) atoms. The topological polar surface area (TPSA) is 95.7 Å².